The van der Waals surface area contributed by atoms with Crippen molar-refractivity contribution in [1.82, 2.24) is 10.3 Å². The number of rotatable bonds is 7. The molecule has 0 unspecified atom stereocenters. The van der Waals surface area contributed by atoms with Crippen molar-refractivity contribution < 1.29 is 13.9 Å². The topological polar surface area (TPSA) is 64.4 Å². The highest BCUT2D eigenvalue weighted by Gasteiger charge is 2.12. The van der Waals surface area contributed by atoms with Crippen molar-refractivity contribution in [3.8, 4) is 10.8 Å². The smallest absolute Gasteiger partial charge is 0.270 e. The van der Waals surface area contributed by atoms with E-state index in [1.165, 1.54) is 11.3 Å². The van der Waals surface area contributed by atoms with E-state index in [0.29, 0.717) is 36.2 Å². The summed E-state index contributed by atoms with van der Waals surface area (Å²) in [5.74, 6) is 0.519. The molecule has 2 aromatic rings. The van der Waals surface area contributed by atoms with E-state index >= 15 is 0 Å². The van der Waals surface area contributed by atoms with Crippen LogP contribution in [0.3, 0.4) is 0 Å². The van der Waals surface area contributed by atoms with Crippen LogP contribution in [0.5, 0.6) is 0 Å². The average Bonchev–Trinajstić information content (AvgIpc) is 3.08. The molecule has 0 aliphatic heterocycles. The SMILES string of the molecule is CCOCCCNC(=O)c1csc(-c2ccco2)n1. The summed E-state index contributed by atoms with van der Waals surface area (Å²) in [6.07, 6.45) is 2.39. The number of hydrogen-bond donors (Lipinski definition) is 1. The lowest BCUT2D eigenvalue weighted by atomic mass is 10.4. The maximum atomic E-state index is 11.8. The zero-order valence-electron chi connectivity index (χ0n) is 10.7. The number of carbonyl (C=O) groups excluding carboxylic acids is 1. The zero-order valence-corrected chi connectivity index (χ0v) is 11.5. The van der Waals surface area contributed by atoms with Crippen LogP contribution in [0.1, 0.15) is 23.8 Å². The minimum Gasteiger partial charge on any atom is -0.462 e. The summed E-state index contributed by atoms with van der Waals surface area (Å²) in [5, 5.41) is 5.26. The third-order valence-electron chi connectivity index (χ3n) is 2.42. The van der Waals surface area contributed by atoms with E-state index in [-0.39, 0.29) is 5.91 Å². The Hall–Kier alpha value is -1.66. The van der Waals surface area contributed by atoms with Gasteiger partial charge in [-0.2, -0.15) is 0 Å². The molecule has 0 spiro atoms. The van der Waals surface area contributed by atoms with Gasteiger partial charge >= 0.3 is 0 Å². The molecule has 2 aromatic heterocycles. The molecule has 0 saturated carbocycles. The number of carbonyl (C=O) groups is 1. The van der Waals surface area contributed by atoms with Crippen molar-refractivity contribution in [1.29, 1.82) is 0 Å². The largest absolute Gasteiger partial charge is 0.462 e. The Kier molecular flexibility index (Phi) is 5.11. The van der Waals surface area contributed by atoms with E-state index in [9.17, 15) is 4.79 Å². The van der Waals surface area contributed by atoms with E-state index in [4.69, 9.17) is 9.15 Å². The van der Waals surface area contributed by atoms with Crippen molar-refractivity contribution in [3.63, 3.8) is 0 Å². The number of thiazole rings is 1. The number of aromatic nitrogens is 1. The van der Waals surface area contributed by atoms with Crippen LogP contribution >= 0.6 is 11.3 Å². The first-order valence-corrected chi connectivity index (χ1v) is 7.04. The van der Waals surface area contributed by atoms with E-state index < -0.39 is 0 Å². The first-order chi connectivity index (χ1) is 9.31. The molecule has 0 bridgehead atoms. The van der Waals surface area contributed by atoms with Gasteiger partial charge in [-0.1, -0.05) is 0 Å². The minimum absolute atomic E-state index is 0.162. The van der Waals surface area contributed by atoms with Gasteiger partial charge in [0.15, 0.2) is 10.8 Å². The maximum Gasteiger partial charge on any atom is 0.270 e. The Bertz CT molecular complexity index is 508. The normalized spacial score (nSPS) is 10.6. The number of amides is 1. The fraction of sp³-hybridized carbons (Fsp3) is 0.385. The molecule has 6 heteroatoms. The quantitative estimate of drug-likeness (QED) is 0.792. The molecule has 0 saturated heterocycles. The van der Waals surface area contributed by atoms with Crippen LogP contribution in [0.25, 0.3) is 10.8 Å². The molecule has 2 heterocycles. The van der Waals surface area contributed by atoms with Crippen LogP contribution in [0.15, 0.2) is 28.2 Å². The van der Waals surface area contributed by atoms with Gasteiger partial charge in [0.05, 0.1) is 6.26 Å². The summed E-state index contributed by atoms with van der Waals surface area (Å²) < 4.78 is 10.4. The van der Waals surface area contributed by atoms with Gasteiger partial charge in [0.2, 0.25) is 0 Å². The molecular formula is C13H16N2O3S. The predicted molar refractivity (Wildman–Crippen MR) is 73.3 cm³/mol. The van der Waals surface area contributed by atoms with Gasteiger partial charge in [0.25, 0.3) is 5.91 Å². The fourth-order valence-corrected chi connectivity index (χ4v) is 2.27. The zero-order chi connectivity index (χ0) is 13.5. The van der Waals surface area contributed by atoms with Crippen molar-refractivity contribution >= 4 is 17.2 Å². The van der Waals surface area contributed by atoms with Gasteiger partial charge in [0, 0.05) is 25.1 Å². The van der Waals surface area contributed by atoms with E-state index in [2.05, 4.69) is 10.3 Å². The van der Waals surface area contributed by atoms with Crippen LogP contribution in [0.2, 0.25) is 0 Å². The van der Waals surface area contributed by atoms with E-state index in [1.807, 2.05) is 13.0 Å². The molecule has 2 rings (SSSR count). The van der Waals surface area contributed by atoms with Gasteiger partial charge in [-0.05, 0) is 25.5 Å². The van der Waals surface area contributed by atoms with Crippen molar-refractivity contribution in [2.24, 2.45) is 0 Å². The molecule has 0 aliphatic carbocycles. The number of furan rings is 1. The van der Waals surface area contributed by atoms with Crippen molar-refractivity contribution in [3.05, 3.63) is 29.5 Å². The number of ether oxygens (including phenoxy) is 1. The second-order valence-electron chi connectivity index (χ2n) is 3.82. The van der Waals surface area contributed by atoms with Gasteiger partial charge < -0.3 is 14.5 Å². The van der Waals surface area contributed by atoms with E-state index in [0.717, 1.165) is 6.42 Å². The standard InChI is InChI=1S/C13H16N2O3S/c1-2-17-7-4-6-14-12(16)10-9-19-13(15-10)11-5-3-8-18-11/h3,5,8-9H,2,4,6-7H2,1H3,(H,14,16). The molecule has 19 heavy (non-hydrogen) atoms. The highest BCUT2D eigenvalue weighted by atomic mass is 32.1. The maximum absolute atomic E-state index is 11.8. The molecule has 102 valence electrons. The van der Waals surface area contributed by atoms with Crippen LogP contribution in [-0.4, -0.2) is 30.6 Å². The molecule has 0 aromatic carbocycles. The van der Waals surface area contributed by atoms with E-state index in [1.54, 1.807) is 17.7 Å². The molecule has 0 radical (unpaired) electrons. The van der Waals surface area contributed by atoms with Crippen molar-refractivity contribution in [2.45, 2.75) is 13.3 Å². The highest BCUT2D eigenvalue weighted by Crippen LogP contribution is 2.23. The number of hydrogen-bond acceptors (Lipinski definition) is 5. The second-order valence-corrected chi connectivity index (χ2v) is 4.68. The van der Waals surface area contributed by atoms with Crippen LogP contribution in [0, 0.1) is 0 Å². The molecule has 1 amide bonds. The molecular weight excluding hydrogens is 264 g/mol. The van der Waals surface area contributed by atoms with Gasteiger partial charge in [0.1, 0.15) is 5.69 Å². The minimum atomic E-state index is -0.162. The molecule has 1 N–H and O–H groups in total. The lowest BCUT2D eigenvalue weighted by molar-refractivity contribution is 0.0940. The van der Waals surface area contributed by atoms with Gasteiger partial charge in [-0.3, -0.25) is 4.79 Å². The lowest BCUT2D eigenvalue weighted by Crippen LogP contribution is -2.25. The summed E-state index contributed by atoms with van der Waals surface area (Å²) in [7, 11) is 0. The Morgan fingerprint density at radius 2 is 2.47 bits per heavy atom. The lowest BCUT2D eigenvalue weighted by Gasteiger charge is -2.03. The monoisotopic (exact) mass is 280 g/mol. The molecule has 5 nitrogen and oxygen atoms in total. The molecule has 0 atom stereocenters. The Balaban J connectivity index is 1.83. The molecule has 0 fully saturated rings. The third-order valence-corrected chi connectivity index (χ3v) is 3.28. The first-order valence-electron chi connectivity index (χ1n) is 6.16. The predicted octanol–water partition coefficient (Wildman–Crippen LogP) is 2.56. The Labute approximate surface area is 115 Å². The number of nitrogens with zero attached hydrogens (tertiary/aromatic N) is 1. The first kappa shape index (κ1) is 13.8. The second kappa shape index (κ2) is 7.06. The summed E-state index contributed by atoms with van der Waals surface area (Å²) in [5.41, 5.74) is 0.424. The van der Waals surface area contributed by atoms with Crippen LogP contribution < -0.4 is 5.32 Å². The Morgan fingerprint density at radius 3 is 3.21 bits per heavy atom. The summed E-state index contributed by atoms with van der Waals surface area (Å²) >= 11 is 1.39. The van der Waals surface area contributed by atoms with Crippen molar-refractivity contribution in [2.75, 3.05) is 19.8 Å². The summed E-state index contributed by atoms with van der Waals surface area (Å²) in [4.78, 5) is 16.1. The summed E-state index contributed by atoms with van der Waals surface area (Å²) in [6.45, 7) is 3.90. The third kappa shape index (κ3) is 3.90. The molecule has 0 aliphatic rings. The van der Waals surface area contributed by atoms with Gasteiger partial charge in [-0.25, -0.2) is 4.98 Å². The van der Waals surface area contributed by atoms with Crippen LogP contribution in [0.4, 0.5) is 0 Å². The highest BCUT2D eigenvalue weighted by molar-refractivity contribution is 7.13. The fourth-order valence-electron chi connectivity index (χ4n) is 1.50. The van der Waals surface area contributed by atoms with Gasteiger partial charge in [-0.15, -0.1) is 11.3 Å². The van der Waals surface area contributed by atoms with Crippen LogP contribution in [-0.2, 0) is 4.74 Å². The number of nitrogens with one attached hydrogen (secondary N) is 1. The summed E-state index contributed by atoms with van der Waals surface area (Å²) in [6, 6.07) is 3.62. The average molecular weight is 280 g/mol. The Morgan fingerprint density at radius 1 is 1.58 bits per heavy atom.